The topological polar surface area (TPSA) is 206 Å². The largest absolute Gasteiger partial charge is 0.465 e. The predicted molar refractivity (Wildman–Crippen MR) is 146 cm³/mol. The van der Waals surface area contributed by atoms with Gasteiger partial charge in [0.1, 0.15) is 18.9 Å². The molecule has 0 saturated heterocycles. The minimum Gasteiger partial charge on any atom is -0.465 e. The monoisotopic (exact) mass is 560 g/mol. The van der Waals surface area contributed by atoms with Crippen LogP contribution in [0.15, 0.2) is 42.6 Å². The summed E-state index contributed by atoms with van der Waals surface area (Å²) >= 11 is 0. The van der Waals surface area contributed by atoms with Crippen molar-refractivity contribution in [2.24, 2.45) is 0 Å². The van der Waals surface area contributed by atoms with Crippen LogP contribution in [0, 0.1) is 0 Å². The van der Waals surface area contributed by atoms with Gasteiger partial charge in [0.2, 0.25) is 5.91 Å². The van der Waals surface area contributed by atoms with Gasteiger partial charge in [-0.25, -0.2) is 19.6 Å². The van der Waals surface area contributed by atoms with Crippen LogP contribution in [0.5, 0.6) is 0 Å². The molecule has 1 aromatic heterocycles. The molecule has 0 fully saturated rings. The second-order valence-corrected chi connectivity index (χ2v) is 7.92. The number of hydrogen-bond acceptors (Lipinski definition) is 9. The number of pyridine rings is 1. The van der Waals surface area contributed by atoms with Crippen molar-refractivity contribution in [1.29, 1.82) is 0 Å². The van der Waals surface area contributed by atoms with Gasteiger partial charge < -0.3 is 37.1 Å². The first-order valence-electron chi connectivity index (χ1n) is 12.1. The molecule has 1 aromatic carbocycles. The predicted octanol–water partition coefficient (Wildman–Crippen LogP) is 0.490. The summed E-state index contributed by atoms with van der Waals surface area (Å²) in [5, 5.41) is 13.7. The number of amides is 6. The van der Waals surface area contributed by atoms with Crippen LogP contribution < -0.4 is 32.3 Å². The Morgan fingerprint density at radius 3 is 2.15 bits per heavy atom. The number of nitrogens with zero attached hydrogens (tertiary/aromatic N) is 2. The van der Waals surface area contributed by atoms with Crippen LogP contribution in [-0.2, 0) is 37.0 Å². The van der Waals surface area contributed by atoms with E-state index in [1.165, 1.54) is 21.1 Å². The highest BCUT2D eigenvalue weighted by atomic mass is 16.7. The van der Waals surface area contributed by atoms with Gasteiger partial charge in [-0.05, 0) is 36.2 Å². The van der Waals surface area contributed by atoms with E-state index in [0.29, 0.717) is 18.1 Å². The van der Waals surface area contributed by atoms with Gasteiger partial charge in [-0.3, -0.25) is 19.2 Å². The lowest BCUT2D eigenvalue weighted by Crippen LogP contribution is -2.42. The van der Waals surface area contributed by atoms with Crippen LogP contribution in [0.1, 0.15) is 25.0 Å². The van der Waals surface area contributed by atoms with Gasteiger partial charge in [-0.15, -0.1) is 0 Å². The lowest BCUT2D eigenvalue weighted by Gasteiger charge is -2.14. The van der Waals surface area contributed by atoms with E-state index in [2.05, 4.69) is 41.1 Å². The number of ether oxygens (including phenoxy) is 1. The Bertz CT molecular complexity index is 1130. The first-order chi connectivity index (χ1) is 19.0. The summed E-state index contributed by atoms with van der Waals surface area (Å²) in [5.41, 5.74) is 7.74. The summed E-state index contributed by atoms with van der Waals surface area (Å²) < 4.78 is 4.69. The molecule has 0 aliphatic heterocycles. The molecule has 1 heterocycles. The molecule has 2 rings (SSSR count). The van der Waals surface area contributed by atoms with Gasteiger partial charge in [0.25, 0.3) is 5.91 Å². The molecule has 15 heteroatoms. The van der Waals surface area contributed by atoms with Gasteiger partial charge in [0.05, 0.1) is 13.7 Å². The van der Waals surface area contributed by atoms with Gasteiger partial charge in [-0.1, -0.05) is 18.2 Å². The van der Waals surface area contributed by atoms with Crippen LogP contribution in [0.3, 0.4) is 0 Å². The third-order valence-electron chi connectivity index (χ3n) is 4.72. The van der Waals surface area contributed by atoms with Crippen LogP contribution >= 0.6 is 0 Å². The third kappa shape index (κ3) is 14.7. The van der Waals surface area contributed by atoms with Crippen molar-refractivity contribution in [3.8, 4) is 0 Å². The number of esters is 1. The van der Waals surface area contributed by atoms with Crippen molar-refractivity contribution < 1.29 is 33.5 Å². The molecule has 7 N–H and O–H groups in total. The van der Waals surface area contributed by atoms with Crippen molar-refractivity contribution in [2.75, 3.05) is 44.9 Å². The number of urea groups is 2. The summed E-state index contributed by atoms with van der Waals surface area (Å²) in [7, 11) is 2.83. The molecule has 0 atom stereocenters. The molecule has 0 radical (unpaired) electrons. The highest BCUT2D eigenvalue weighted by molar-refractivity contribution is 5.88. The quantitative estimate of drug-likeness (QED) is 0.167. The molecule has 218 valence electrons. The molecule has 0 saturated carbocycles. The fourth-order valence-corrected chi connectivity index (χ4v) is 2.73. The number of likely N-dealkylation sites (N-methyl/N-ethyl adjacent to an activating group) is 1. The smallest absolute Gasteiger partial charge is 0.325 e. The SMILES string of the molecule is CCOC(=O)CNC(=O)NCc1cccc(NC(C)=O)c1.CON(C)C(=O)CNC(=O)NCc1ccc(N)nc1. The molecular weight excluding hydrogens is 524 g/mol. The van der Waals surface area contributed by atoms with Crippen LogP contribution in [-0.4, -0.2) is 73.7 Å². The first kappa shape index (κ1) is 33.1. The van der Waals surface area contributed by atoms with Crippen LogP contribution in [0.25, 0.3) is 0 Å². The standard InChI is InChI=1S/C14H19N3O4.C11H17N5O3/c1-3-21-13(19)9-16-14(20)15-8-11-5-4-6-12(7-11)17-10(2)18;1-16(19-2)10(17)7-15-11(18)14-6-8-3-4-9(12)13-5-8/h4-7H,3,8-9H2,1-2H3,(H,17,18)(H2,15,16,20);3-5H,6-7H2,1-2H3,(H2,12,13)(H2,14,15,18). The maximum atomic E-state index is 11.5. The molecule has 0 aliphatic carbocycles. The summed E-state index contributed by atoms with van der Waals surface area (Å²) in [6, 6.07) is 9.59. The zero-order chi connectivity index (χ0) is 29.9. The number of nitrogen functional groups attached to an aromatic ring is 1. The molecular formula is C25H36N8O7. The van der Waals surface area contributed by atoms with Crippen molar-refractivity contribution in [2.45, 2.75) is 26.9 Å². The fraction of sp³-hybridized carbons (Fsp3) is 0.360. The van der Waals surface area contributed by atoms with E-state index >= 15 is 0 Å². The average Bonchev–Trinajstić information content (AvgIpc) is 2.93. The number of nitrogens with one attached hydrogen (secondary N) is 5. The Hall–Kier alpha value is -4.92. The van der Waals surface area contributed by atoms with E-state index in [-0.39, 0.29) is 38.1 Å². The molecule has 40 heavy (non-hydrogen) atoms. The normalized spacial score (nSPS) is 9.70. The third-order valence-corrected chi connectivity index (χ3v) is 4.72. The van der Waals surface area contributed by atoms with E-state index in [0.717, 1.165) is 16.2 Å². The maximum Gasteiger partial charge on any atom is 0.325 e. The average molecular weight is 561 g/mol. The second-order valence-electron chi connectivity index (χ2n) is 7.92. The van der Waals surface area contributed by atoms with E-state index in [4.69, 9.17) is 5.73 Å². The van der Waals surface area contributed by atoms with Gasteiger partial charge in [0, 0.05) is 38.9 Å². The summed E-state index contributed by atoms with van der Waals surface area (Å²) in [4.78, 5) is 64.8. The molecule has 2 aromatic rings. The van der Waals surface area contributed by atoms with Crippen molar-refractivity contribution in [3.05, 3.63) is 53.7 Å². The number of carbonyl (C=O) groups excluding carboxylic acids is 5. The number of nitrogens with two attached hydrogens (primary N) is 1. The summed E-state index contributed by atoms with van der Waals surface area (Å²) in [6.07, 6.45) is 1.57. The molecule has 15 nitrogen and oxygen atoms in total. The second kappa shape index (κ2) is 18.4. The Balaban J connectivity index is 0.000000402. The van der Waals surface area contributed by atoms with Gasteiger partial charge >= 0.3 is 18.0 Å². The highest BCUT2D eigenvalue weighted by Crippen LogP contribution is 2.10. The minimum absolute atomic E-state index is 0.143. The number of anilines is 2. The first-order valence-corrected chi connectivity index (χ1v) is 12.1. The van der Waals surface area contributed by atoms with Crippen LogP contribution in [0.2, 0.25) is 0 Å². The van der Waals surface area contributed by atoms with E-state index in [1.54, 1.807) is 43.5 Å². The molecule has 0 unspecified atom stereocenters. The van der Waals surface area contributed by atoms with Crippen molar-refractivity contribution in [1.82, 2.24) is 31.3 Å². The summed E-state index contributed by atoms with van der Waals surface area (Å²) in [6.45, 7) is 3.66. The van der Waals surface area contributed by atoms with E-state index in [1.807, 2.05) is 6.07 Å². The number of rotatable bonds is 11. The Labute approximate surface area is 232 Å². The van der Waals surface area contributed by atoms with Crippen LogP contribution in [0.4, 0.5) is 21.1 Å². The minimum atomic E-state index is -0.486. The molecule has 0 bridgehead atoms. The zero-order valence-electron chi connectivity index (χ0n) is 22.9. The Morgan fingerprint density at radius 2 is 1.57 bits per heavy atom. The lowest BCUT2D eigenvalue weighted by molar-refractivity contribution is -0.167. The molecule has 0 aliphatic rings. The number of aromatic nitrogens is 1. The van der Waals surface area contributed by atoms with E-state index in [9.17, 15) is 24.0 Å². The number of hydrogen-bond donors (Lipinski definition) is 6. The van der Waals surface area contributed by atoms with Gasteiger partial charge in [-0.2, -0.15) is 0 Å². The fourth-order valence-electron chi connectivity index (χ4n) is 2.73. The summed E-state index contributed by atoms with van der Waals surface area (Å²) in [5.74, 6) is -0.583. The maximum absolute atomic E-state index is 11.5. The Kier molecular flexibility index (Phi) is 15.2. The lowest BCUT2D eigenvalue weighted by atomic mass is 10.2. The van der Waals surface area contributed by atoms with Crippen molar-refractivity contribution >= 4 is 41.4 Å². The van der Waals surface area contributed by atoms with Gasteiger partial charge in [0.15, 0.2) is 0 Å². The number of carbonyl (C=O) groups is 5. The van der Waals surface area contributed by atoms with E-state index < -0.39 is 18.0 Å². The molecule has 0 spiro atoms. The number of benzene rings is 1. The molecule has 6 amide bonds. The number of hydroxylamine groups is 2. The Morgan fingerprint density at radius 1 is 0.925 bits per heavy atom. The zero-order valence-corrected chi connectivity index (χ0v) is 22.9. The van der Waals surface area contributed by atoms with Crippen molar-refractivity contribution in [3.63, 3.8) is 0 Å². The highest BCUT2D eigenvalue weighted by Gasteiger charge is 2.09.